The number of hydrogen-bond donors (Lipinski definition) is 0. The summed E-state index contributed by atoms with van der Waals surface area (Å²) in [6.07, 6.45) is 3.12. The lowest BCUT2D eigenvalue weighted by atomic mass is 10.2. The monoisotopic (exact) mass is 402 g/mol. The summed E-state index contributed by atoms with van der Waals surface area (Å²) in [7, 11) is 0. The number of esters is 1. The molecule has 0 fully saturated rings. The van der Waals surface area contributed by atoms with Crippen LogP contribution < -0.4 is 4.90 Å². The molecule has 27 heavy (non-hydrogen) atoms. The van der Waals surface area contributed by atoms with E-state index in [4.69, 9.17) is 21.6 Å². The number of amides is 1. The van der Waals surface area contributed by atoms with Gasteiger partial charge in [0.1, 0.15) is 0 Å². The summed E-state index contributed by atoms with van der Waals surface area (Å²) in [5.41, 5.74) is 1.42. The van der Waals surface area contributed by atoms with E-state index in [-0.39, 0.29) is 13.0 Å². The van der Waals surface area contributed by atoms with Crippen LogP contribution in [-0.2, 0) is 14.3 Å². The van der Waals surface area contributed by atoms with Crippen molar-refractivity contribution in [2.24, 2.45) is 0 Å². The molecule has 0 spiro atoms. The number of benzene rings is 1. The number of thiophene rings is 1. The summed E-state index contributed by atoms with van der Waals surface area (Å²) >= 11 is 7.58. The van der Waals surface area contributed by atoms with Crippen LogP contribution in [0.15, 0.2) is 36.4 Å². The average molecular weight is 403 g/mol. The quantitative estimate of drug-likeness (QED) is 0.504. The minimum atomic E-state index is -0.595. The third kappa shape index (κ3) is 6.24. The van der Waals surface area contributed by atoms with E-state index >= 15 is 0 Å². The predicted molar refractivity (Wildman–Crippen MR) is 108 cm³/mol. The molecule has 0 aliphatic carbocycles. The lowest BCUT2D eigenvalue weighted by Crippen LogP contribution is -2.35. The number of ether oxygens (including phenoxy) is 1. The number of nitriles is 1. The molecular weight excluding hydrogens is 384 g/mol. The molecule has 1 amide bonds. The number of nitrogens with zero attached hydrogens (tertiary/aromatic N) is 2. The minimum Gasteiger partial charge on any atom is -0.452 e. The summed E-state index contributed by atoms with van der Waals surface area (Å²) in [4.78, 5) is 27.9. The van der Waals surface area contributed by atoms with Gasteiger partial charge in [0.15, 0.2) is 6.61 Å². The van der Waals surface area contributed by atoms with Gasteiger partial charge in [-0.05, 0) is 55.8 Å². The van der Waals surface area contributed by atoms with Gasteiger partial charge in [0.25, 0.3) is 5.91 Å². The van der Waals surface area contributed by atoms with Gasteiger partial charge < -0.3 is 9.64 Å². The summed E-state index contributed by atoms with van der Waals surface area (Å²) in [5, 5.41) is 9.43. The normalized spacial score (nSPS) is 10.6. The van der Waals surface area contributed by atoms with E-state index in [1.807, 2.05) is 32.0 Å². The highest BCUT2D eigenvalue weighted by Crippen LogP contribution is 2.23. The molecule has 7 heteroatoms. The van der Waals surface area contributed by atoms with Crippen LogP contribution in [0.4, 0.5) is 5.69 Å². The van der Waals surface area contributed by atoms with Crippen molar-refractivity contribution in [2.75, 3.05) is 18.1 Å². The van der Waals surface area contributed by atoms with Crippen molar-refractivity contribution in [3.63, 3.8) is 0 Å². The van der Waals surface area contributed by atoms with E-state index in [1.165, 1.54) is 11.0 Å². The highest BCUT2D eigenvalue weighted by molar-refractivity contribution is 7.12. The van der Waals surface area contributed by atoms with Crippen molar-refractivity contribution in [1.82, 2.24) is 0 Å². The zero-order valence-corrected chi connectivity index (χ0v) is 16.6. The van der Waals surface area contributed by atoms with E-state index in [1.54, 1.807) is 35.6 Å². The fourth-order valence-corrected chi connectivity index (χ4v) is 3.21. The average Bonchev–Trinajstić information content (AvgIpc) is 3.06. The van der Waals surface area contributed by atoms with E-state index in [0.717, 1.165) is 15.3 Å². The smallest absolute Gasteiger partial charge is 0.331 e. The Morgan fingerprint density at radius 1 is 1.30 bits per heavy atom. The standard InChI is InChI=1S/C20H19ClN2O3S/c1-14-12-16(5-8-18(14)21)23(11-3-10-22)19(24)13-26-20(25)9-7-17-6-4-15(2)27-17/h4-9,12H,3,11,13H2,1-2H3/b9-7+. The van der Waals surface area contributed by atoms with Crippen LogP contribution in [-0.4, -0.2) is 25.0 Å². The SMILES string of the molecule is Cc1ccc(/C=C/C(=O)OCC(=O)N(CCC#N)c2ccc(Cl)c(C)c2)s1. The van der Waals surface area contributed by atoms with Gasteiger partial charge in [0.2, 0.25) is 0 Å². The van der Waals surface area contributed by atoms with Crippen LogP contribution in [0.2, 0.25) is 5.02 Å². The first-order valence-electron chi connectivity index (χ1n) is 8.25. The van der Waals surface area contributed by atoms with Crippen molar-refractivity contribution in [3.05, 3.63) is 56.7 Å². The Kier molecular flexibility index (Phi) is 7.59. The maximum Gasteiger partial charge on any atom is 0.331 e. The summed E-state index contributed by atoms with van der Waals surface area (Å²) in [6.45, 7) is 3.61. The molecule has 0 radical (unpaired) electrons. The van der Waals surface area contributed by atoms with Gasteiger partial charge in [-0.2, -0.15) is 5.26 Å². The number of carbonyl (C=O) groups excluding carboxylic acids is 2. The zero-order valence-electron chi connectivity index (χ0n) is 15.1. The number of rotatable bonds is 7. The molecule has 2 aromatic rings. The molecule has 0 N–H and O–H groups in total. The van der Waals surface area contributed by atoms with Gasteiger partial charge in [-0.3, -0.25) is 4.79 Å². The van der Waals surface area contributed by atoms with Gasteiger partial charge in [-0.1, -0.05) is 11.6 Å². The van der Waals surface area contributed by atoms with Gasteiger partial charge in [0.05, 0.1) is 12.5 Å². The Labute approximate surface area is 167 Å². The number of hydrogen-bond acceptors (Lipinski definition) is 5. The highest BCUT2D eigenvalue weighted by atomic mass is 35.5. The van der Waals surface area contributed by atoms with Crippen LogP contribution in [0.5, 0.6) is 0 Å². The second-order valence-electron chi connectivity index (χ2n) is 5.78. The Hall–Kier alpha value is -2.62. The van der Waals surface area contributed by atoms with Crippen LogP contribution in [0.1, 0.15) is 21.7 Å². The van der Waals surface area contributed by atoms with Gasteiger partial charge in [0, 0.05) is 33.1 Å². The van der Waals surface area contributed by atoms with Gasteiger partial charge >= 0.3 is 5.97 Å². The molecule has 1 heterocycles. The maximum absolute atomic E-state index is 12.5. The summed E-state index contributed by atoms with van der Waals surface area (Å²) < 4.78 is 5.05. The fourth-order valence-electron chi connectivity index (χ4n) is 2.31. The molecule has 0 saturated carbocycles. The first-order valence-corrected chi connectivity index (χ1v) is 9.45. The molecule has 0 bridgehead atoms. The van der Waals surface area contributed by atoms with Crippen LogP contribution in [0, 0.1) is 25.2 Å². The number of aryl methyl sites for hydroxylation is 2. The minimum absolute atomic E-state index is 0.166. The molecule has 2 rings (SSSR count). The third-order valence-corrected chi connectivity index (χ3v) is 5.07. The Morgan fingerprint density at radius 2 is 2.07 bits per heavy atom. The summed E-state index contributed by atoms with van der Waals surface area (Å²) in [5.74, 6) is -0.998. The van der Waals surface area contributed by atoms with Crippen molar-refractivity contribution < 1.29 is 14.3 Å². The van der Waals surface area contributed by atoms with Crippen LogP contribution >= 0.6 is 22.9 Å². The predicted octanol–water partition coefficient (Wildman–Crippen LogP) is 4.52. The molecule has 1 aromatic heterocycles. The van der Waals surface area contributed by atoms with Crippen molar-refractivity contribution in [1.29, 1.82) is 5.26 Å². The van der Waals surface area contributed by atoms with Crippen LogP contribution in [0.3, 0.4) is 0 Å². The molecular formula is C20H19ClN2O3S. The largest absolute Gasteiger partial charge is 0.452 e. The van der Waals surface area contributed by atoms with E-state index in [2.05, 4.69) is 0 Å². The van der Waals surface area contributed by atoms with E-state index in [9.17, 15) is 9.59 Å². The topological polar surface area (TPSA) is 70.4 Å². The second-order valence-corrected chi connectivity index (χ2v) is 7.50. The molecule has 140 valence electrons. The molecule has 5 nitrogen and oxygen atoms in total. The Morgan fingerprint density at radius 3 is 2.70 bits per heavy atom. The van der Waals surface area contributed by atoms with Crippen molar-refractivity contribution >= 4 is 46.6 Å². The molecule has 0 unspecified atom stereocenters. The first-order chi connectivity index (χ1) is 12.9. The highest BCUT2D eigenvalue weighted by Gasteiger charge is 2.17. The second kappa shape index (κ2) is 9.91. The maximum atomic E-state index is 12.5. The third-order valence-electron chi connectivity index (χ3n) is 3.68. The van der Waals surface area contributed by atoms with E-state index < -0.39 is 18.5 Å². The zero-order chi connectivity index (χ0) is 19.8. The molecule has 0 atom stereocenters. The van der Waals surface area contributed by atoms with Gasteiger partial charge in [-0.15, -0.1) is 11.3 Å². The Bertz CT molecular complexity index is 899. The molecule has 0 aliphatic rings. The Balaban J connectivity index is 2.00. The van der Waals surface area contributed by atoms with Crippen molar-refractivity contribution in [2.45, 2.75) is 20.3 Å². The number of halogens is 1. The van der Waals surface area contributed by atoms with Crippen LogP contribution in [0.25, 0.3) is 6.08 Å². The molecule has 0 aliphatic heterocycles. The lowest BCUT2D eigenvalue weighted by molar-refractivity contribution is -0.142. The first kappa shape index (κ1) is 20.7. The number of anilines is 1. The summed E-state index contributed by atoms with van der Waals surface area (Å²) in [6, 6.07) is 11.0. The van der Waals surface area contributed by atoms with Gasteiger partial charge in [-0.25, -0.2) is 4.79 Å². The van der Waals surface area contributed by atoms with E-state index in [0.29, 0.717) is 10.7 Å². The molecule has 1 aromatic carbocycles. The molecule has 0 saturated heterocycles. The van der Waals surface area contributed by atoms with Crippen molar-refractivity contribution in [3.8, 4) is 6.07 Å². The fraction of sp³-hybridized carbons (Fsp3) is 0.250. The number of carbonyl (C=O) groups is 2. The lowest BCUT2D eigenvalue weighted by Gasteiger charge is -2.22.